The number of carbonyl (C=O) groups is 1. The maximum Gasteiger partial charge on any atom is 0.207 e. The normalized spacial score (nSPS) is 20.9. The molecule has 1 aromatic rings. The Hall–Kier alpha value is -1.58. The molecule has 0 radical (unpaired) electrons. The SMILES string of the molecule is O=CN[C@@H]1CCN(c2ccccn2)C1. The smallest absolute Gasteiger partial charge is 0.207 e. The summed E-state index contributed by atoms with van der Waals surface area (Å²) in [4.78, 5) is 16.7. The van der Waals surface area contributed by atoms with E-state index >= 15 is 0 Å². The van der Waals surface area contributed by atoms with E-state index in [-0.39, 0.29) is 6.04 Å². The van der Waals surface area contributed by atoms with Gasteiger partial charge in [0, 0.05) is 25.3 Å². The standard InChI is InChI=1S/C10H13N3O/c14-8-12-9-4-6-13(7-9)10-3-1-2-5-11-10/h1-3,5,8-9H,4,6-7H2,(H,12,14)/t9-/m1/s1. The quantitative estimate of drug-likeness (QED) is 0.704. The van der Waals surface area contributed by atoms with E-state index in [1.54, 1.807) is 6.20 Å². The lowest BCUT2D eigenvalue weighted by molar-refractivity contribution is -0.110. The van der Waals surface area contributed by atoms with E-state index in [2.05, 4.69) is 15.2 Å². The van der Waals surface area contributed by atoms with Gasteiger partial charge in [0.05, 0.1) is 0 Å². The summed E-state index contributed by atoms with van der Waals surface area (Å²) in [7, 11) is 0. The van der Waals surface area contributed by atoms with E-state index in [4.69, 9.17) is 0 Å². The highest BCUT2D eigenvalue weighted by Gasteiger charge is 2.22. The Morgan fingerprint density at radius 1 is 1.57 bits per heavy atom. The lowest BCUT2D eigenvalue weighted by Crippen LogP contribution is -2.31. The van der Waals surface area contributed by atoms with Crippen LogP contribution in [0.1, 0.15) is 6.42 Å². The van der Waals surface area contributed by atoms with Gasteiger partial charge in [0.2, 0.25) is 6.41 Å². The van der Waals surface area contributed by atoms with Crippen LogP contribution >= 0.6 is 0 Å². The van der Waals surface area contributed by atoms with Crippen LogP contribution in [0.15, 0.2) is 24.4 Å². The zero-order valence-corrected chi connectivity index (χ0v) is 7.89. The van der Waals surface area contributed by atoms with Gasteiger partial charge in [-0.1, -0.05) is 6.07 Å². The molecule has 2 rings (SSSR count). The molecule has 0 aromatic carbocycles. The van der Waals surface area contributed by atoms with Crippen LogP contribution in [0.2, 0.25) is 0 Å². The van der Waals surface area contributed by atoms with Crippen LogP contribution in [-0.2, 0) is 4.79 Å². The van der Waals surface area contributed by atoms with E-state index in [0.717, 1.165) is 31.7 Å². The molecule has 2 heterocycles. The lowest BCUT2D eigenvalue weighted by atomic mass is 10.3. The molecule has 0 bridgehead atoms. The fourth-order valence-corrected chi connectivity index (χ4v) is 1.74. The van der Waals surface area contributed by atoms with Crippen molar-refractivity contribution < 1.29 is 4.79 Å². The fraction of sp³-hybridized carbons (Fsp3) is 0.400. The molecular formula is C10H13N3O. The number of amides is 1. The molecule has 0 saturated carbocycles. The van der Waals surface area contributed by atoms with Crippen LogP contribution in [0.5, 0.6) is 0 Å². The molecule has 1 amide bonds. The van der Waals surface area contributed by atoms with Crippen LogP contribution in [0, 0.1) is 0 Å². The molecule has 1 saturated heterocycles. The molecule has 74 valence electrons. The summed E-state index contributed by atoms with van der Waals surface area (Å²) in [6.07, 6.45) is 3.55. The van der Waals surface area contributed by atoms with Crippen LogP contribution in [-0.4, -0.2) is 30.5 Å². The van der Waals surface area contributed by atoms with Gasteiger partial charge in [0.15, 0.2) is 0 Å². The number of aromatic nitrogens is 1. The van der Waals surface area contributed by atoms with Gasteiger partial charge in [-0.2, -0.15) is 0 Å². The van der Waals surface area contributed by atoms with E-state index in [9.17, 15) is 4.79 Å². The molecule has 0 spiro atoms. The summed E-state index contributed by atoms with van der Waals surface area (Å²) in [5.74, 6) is 0.989. The van der Waals surface area contributed by atoms with Crippen molar-refractivity contribution in [2.24, 2.45) is 0 Å². The zero-order valence-electron chi connectivity index (χ0n) is 7.89. The summed E-state index contributed by atoms with van der Waals surface area (Å²) >= 11 is 0. The van der Waals surface area contributed by atoms with Gasteiger partial charge in [-0.15, -0.1) is 0 Å². The second kappa shape index (κ2) is 4.09. The first-order valence-electron chi connectivity index (χ1n) is 4.76. The first-order chi connectivity index (χ1) is 6.90. The first kappa shape index (κ1) is 8.99. The highest BCUT2D eigenvalue weighted by Crippen LogP contribution is 2.16. The van der Waals surface area contributed by atoms with Gasteiger partial charge < -0.3 is 10.2 Å². The number of anilines is 1. The molecule has 1 aliphatic rings. The Kier molecular flexibility index (Phi) is 2.62. The largest absolute Gasteiger partial charge is 0.354 e. The molecule has 1 aliphatic heterocycles. The van der Waals surface area contributed by atoms with Crippen molar-refractivity contribution in [3.63, 3.8) is 0 Å². The van der Waals surface area contributed by atoms with Gasteiger partial charge >= 0.3 is 0 Å². The molecule has 0 aliphatic carbocycles. The van der Waals surface area contributed by atoms with Crippen molar-refractivity contribution in [1.29, 1.82) is 0 Å². The molecule has 1 fully saturated rings. The number of nitrogens with one attached hydrogen (secondary N) is 1. The third kappa shape index (κ3) is 1.84. The van der Waals surface area contributed by atoms with Crippen molar-refractivity contribution in [2.75, 3.05) is 18.0 Å². The third-order valence-electron chi connectivity index (χ3n) is 2.47. The minimum Gasteiger partial charge on any atom is -0.354 e. The Bertz CT molecular complexity index is 301. The van der Waals surface area contributed by atoms with E-state index in [1.165, 1.54) is 0 Å². The van der Waals surface area contributed by atoms with Gasteiger partial charge in [-0.05, 0) is 18.6 Å². The topological polar surface area (TPSA) is 45.2 Å². The van der Waals surface area contributed by atoms with Crippen molar-refractivity contribution in [2.45, 2.75) is 12.5 Å². The van der Waals surface area contributed by atoms with E-state index in [0.29, 0.717) is 0 Å². The van der Waals surface area contributed by atoms with Crippen molar-refractivity contribution >= 4 is 12.2 Å². The van der Waals surface area contributed by atoms with Gasteiger partial charge in [0.25, 0.3) is 0 Å². The monoisotopic (exact) mass is 191 g/mol. The number of carbonyl (C=O) groups excluding carboxylic acids is 1. The number of rotatable bonds is 3. The molecule has 1 aromatic heterocycles. The van der Waals surface area contributed by atoms with Crippen LogP contribution < -0.4 is 10.2 Å². The summed E-state index contributed by atoms with van der Waals surface area (Å²) in [5, 5.41) is 2.79. The third-order valence-corrected chi connectivity index (χ3v) is 2.47. The number of hydrogen-bond donors (Lipinski definition) is 1. The first-order valence-corrected chi connectivity index (χ1v) is 4.76. The molecule has 1 N–H and O–H groups in total. The number of nitrogens with zero attached hydrogens (tertiary/aromatic N) is 2. The summed E-state index contributed by atoms with van der Waals surface area (Å²) in [6, 6.07) is 6.14. The second-order valence-corrected chi connectivity index (χ2v) is 3.40. The van der Waals surface area contributed by atoms with Gasteiger partial charge in [-0.25, -0.2) is 4.98 Å². The highest BCUT2D eigenvalue weighted by atomic mass is 16.1. The number of hydrogen-bond acceptors (Lipinski definition) is 3. The average molecular weight is 191 g/mol. The summed E-state index contributed by atoms with van der Waals surface area (Å²) in [5.41, 5.74) is 0. The van der Waals surface area contributed by atoms with E-state index in [1.807, 2.05) is 18.2 Å². The van der Waals surface area contributed by atoms with Crippen LogP contribution in [0.4, 0.5) is 5.82 Å². The highest BCUT2D eigenvalue weighted by molar-refractivity contribution is 5.48. The predicted octanol–water partition coefficient (Wildman–Crippen LogP) is 0.406. The minimum atomic E-state index is 0.273. The molecular weight excluding hydrogens is 178 g/mol. The lowest BCUT2D eigenvalue weighted by Gasteiger charge is -2.16. The predicted molar refractivity (Wildman–Crippen MR) is 54.1 cm³/mol. The molecule has 4 nitrogen and oxygen atoms in total. The summed E-state index contributed by atoms with van der Waals surface area (Å²) in [6.45, 7) is 1.82. The maximum absolute atomic E-state index is 10.3. The van der Waals surface area contributed by atoms with Gasteiger partial charge in [0.1, 0.15) is 5.82 Å². The minimum absolute atomic E-state index is 0.273. The second-order valence-electron chi connectivity index (χ2n) is 3.40. The Morgan fingerprint density at radius 2 is 2.50 bits per heavy atom. The molecule has 4 heteroatoms. The fourth-order valence-electron chi connectivity index (χ4n) is 1.74. The van der Waals surface area contributed by atoms with Crippen molar-refractivity contribution in [1.82, 2.24) is 10.3 Å². The Balaban J connectivity index is 1.99. The van der Waals surface area contributed by atoms with Crippen molar-refractivity contribution in [3.05, 3.63) is 24.4 Å². The molecule has 1 atom stereocenters. The van der Waals surface area contributed by atoms with Gasteiger partial charge in [-0.3, -0.25) is 4.79 Å². The molecule has 0 unspecified atom stereocenters. The number of pyridine rings is 1. The Labute approximate surface area is 82.9 Å². The molecule has 14 heavy (non-hydrogen) atoms. The Morgan fingerprint density at radius 3 is 3.21 bits per heavy atom. The van der Waals surface area contributed by atoms with Crippen LogP contribution in [0.25, 0.3) is 0 Å². The van der Waals surface area contributed by atoms with Crippen molar-refractivity contribution in [3.8, 4) is 0 Å². The zero-order chi connectivity index (χ0) is 9.80. The van der Waals surface area contributed by atoms with E-state index < -0.39 is 0 Å². The average Bonchev–Trinajstić information content (AvgIpc) is 2.68. The maximum atomic E-state index is 10.3. The van der Waals surface area contributed by atoms with Crippen LogP contribution in [0.3, 0.4) is 0 Å². The summed E-state index contributed by atoms with van der Waals surface area (Å²) < 4.78 is 0.